The second-order valence-corrected chi connectivity index (χ2v) is 6.15. The fourth-order valence-electron chi connectivity index (χ4n) is 2.88. The van der Waals surface area contributed by atoms with Crippen LogP contribution in [0.25, 0.3) is 0 Å². The van der Waals surface area contributed by atoms with E-state index in [1.54, 1.807) is 0 Å². The Morgan fingerprint density at radius 1 is 1.17 bits per heavy atom. The minimum Gasteiger partial charge on any atom is -0.381 e. The number of unbranched alkanes of at least 4 members (excludes halogenated alkanes) is 1. The number of ether oxygens (including phenoxy) is 1. The van der Waals surface area contributed by atoms with Crippen LogP contribution in [0.15, 0.2) is 0 Å². The van der Waals surface area contributed by atoms with Crippen molar-refractivity contribution in [3.63, 3.8) is 0 Å². The third-order valence-corrected chi connectivity index (χ3v) is 4.38. The van der Waals surface area contributed by atoms with Gasteiger partial charge >= 0.3 is 0 Å². The Labute approximate surface area is 114 Å². The molecule has 1 saturated heterocycles. The summed E-state index contributed by atoms with van der Waals surface area (Å²) in [5.41, 5.74) is 0. The molecule has 0 aromatic carbocycles. The van der Waals surface area contributed by atoms with Crippen molar-refractivity contribution in [2.24, 2.45) is 17.8 Å². The van der Waals surface area contributed by atoms with E-state index in [0.29, 0.717) is 0 Å². The van der Waals surface area contributed by atoms with Crippen molar-refractivity contribution in [3.05, 3.63) is 0 Å². The largest absolute Gasteiger partial charge is 0.381 e. The molecule has 0 aromatic rings. The van der Waals surface area contributed by atoms with Gasteiger partial charge in [-0.15, -0.1) is 0 Å². The minimum atomic E-state index is 0.812. The number of hydrogen-bond donors (Lipinski definition) is 1. The van der Waals surface area contributed by atoms with E-state index in [1.165, 1.54) is 45.1 Å². The Bertz CT molecular complexity index is 188. The van der Waals surface area contributed by atoms with E-state index in [9.17, 15) is 0 Å². The molecule has 1 fully saturated rings. The maximum atomic E-state index is 5.41. The van der Waals surface area contributed by atoms with Crippen molar-refractivity contribution in [2.75, 3.05) is 26.3 Å². The highest BCUT2D eigenvalue weighted by Crippen LogP contribution is 2.23. The molecular weight excluding hydrogens is 222 g/mol. The first kappa shape index (κ1) is 16.0. The van der Waals surface area contributed by atoms with Gasteiger partial charge in [0, 0.05) is 13.2 Å². The summed E-state index contributed by atoms with van der Waals surface area (Å²) in [7, 11) is 0. The van der Waals surface area contributed by atoms with Gasteiger partial charge in [0.15, 0.2) is 0 Å². The maximum absolute atomic E-state index is 5.41. The van der Waals surface area contributed by atoms with Crippen LogP contribution >= 0.6 is 0 Å². The van der Waals surface area contributed by atoms with Crippen molar-refractivity contribution in [2.45, 2.75) is 59.3 Å². The summed E-state index contributed by atoms with van der Waals surface area (Å²) in [6, 6.07) is 0. The van der Waals surface area contributed by atoms with Crippen LogP contribution in [0.2, 0.25) is 0 Å². The molecule has 0 aliphatic carbocycles. The lowest BCUT2D eigenvalue weighted by atomic mass is 9.88. The predicted octanol–water partition coefficient (Wildman–Crippen LogP) is 3.86. The molecule has 0 spiro atoms. The summed E-state index contributed by atoms with van der Waals surface area (Å²) >= 11 is 0. The standard InChI is InChI=1S/C16H33NO/c1-4-17-13-16(14(2)3)8-6-5-7-15-9-11-18-12-10-15/h14-17H,4-13H2,1-3H3. The summed E-state index contributed by atoms with van der Waals surface area (Å²) in [5, 5.41) is 3.50. The fourth-order valence-corrected chi connectivity index (χ4v) is 2.88. The lowest BCUT2D eigenvalue weighted by molar-refractivity contribution is 0.0629. The highest BCUT2D eigenvalue weighted by atomic mass is 16.5. The van der Waals surface area contributed by atoms with Crippen LogP contribution in [-0.2, 0) is 4.74 Å². The number of hydrogen-bond acceptors (Lipinski definition) is 2. The monoisotopic (exact) mass is 255 g/mol. The van der Waals surface area contributed by atoms with Crippen molar-refractivity contribution in [3.8, 4) is 0 Å². The van der Waals surface area contributed by atoms with Crippen molar-refractivity contribution >= 4 is 0 Å². The molecule has 1 atom stereocenters. The molecule has 0 saturated carbocycles. The molecule has 0 aromatic heterocycles. The van der Waals surface area contributed by atoms with Crippen LogP contribution in [0.3, 0.4) is 0 Å². The smallest absolute Gasteiger partial charge is 0.0468 e. The first-order chi connectivity index (χ1) is 8.74. The van der Waals surface area contributed by atoms with E-state index in [-0.39, 0.29) is 0 Å². The molecule has 2 nitrogen and oxygen atoms in total. The van der Waals surface area contributed by atoms with Gasteiger partial charge in [0.1, 0.15) is 0 Å². The molecular formula is C16H33NO. The van der Waals surface area contributed by atoms with E-state index in [1.807, 2.05) is 0 Å². The maximum Gasteiger partial charge on any atom is 0.0468 e. The Morgan fingerprint density at radius 2 is 1.89 bits per heavy atom. The molecule has 1 aliphatic rings. The van der Waals surface area contributed by atoms with Gasteiger partial charge in [-0.3, -0.25) is 0 Å². The second-order valence-electron chi connectivity index (χ2n) is 6.15. The third kappa shape index (κ3) is 6.75. The molecule has 18 heavy (non-hydrogen) atoms. The van der Waals surface area contributed by atoms with Gasteiger partial charge in [0.25, 0.3) is 0 Å². The SMILES string of the molecule is CCNCC(CCCCC1CCOCC1)C(C)C. The van der Waals surface area contributed by atoms with Crippen LogP contribution in [-0.4, -0.2) is 26.3 Å². The average molecular weight is 255 g/mol. The van der Waals surface area contributed by atoms with Gasteiger partial charge in [-0.2, -0.15) is 0 Å². The van der Waals surface area contributed by atoms with Gasteiger partial charge in [-0.1, -0.05) is 40.0 Å². The van der Waals surface area contributed by atoms with Crippen LogP contribution in [0, 0.1) is 17.8 Å². The molecule has 1 N–H and O–H groups in total. The summed E-state index contributed by atoms with van der Waals surface area (Å²) in [6.45, 7) is 11.2. The Kier molecular flexibility index (Phi) is 8.70. The molecule has 1 heterocycles. The number of rotatable bonds is 9. The molecule has 0 amide bonds. The summed E-state index contributed by atoms with van der Waals surface area (Å²) in [4.78, 5) is 0. The van der Waals surface area contributed by atoms with Gasteiger partial charge < -0.3 is 10.1 Å². The van der Waals surface area contributed by atoms with Crippen molar-refractivity contribution < 1.29 is 4.74 Å². The van der Waals surface area contributed by atoms with Crippen molar-refractivity contribution in [1.29, 1.82) is 0 Å². The topological polar surface area (TPSA) is 21.3 Å². The van der Waals surface area contributed by atoms with Crippen molar-refractivity contribution in [1.82, 2.24) is 5.32 Å². The molecule has 1 rings (SSSR count). The normalized spacial score (nSPS) is 19.3. The lowest BCUT2D eigenvalue weighted by Gasteiger charge is -2.23. The predicted molar refractivity (Wildman–Crippen MR) is 78.9 cm³/mol. The van der Waals surface area contributed by atoms with Crippen LogP contribution in [0.1, 0.15) is 59.3 Å². The van der Waals surface area contributed by atoms with Gasteiger partial charge in [0.05, 0.1) is 0 Å². The van der Waals surface area contributed by atoms with E-state index in [4.69, 9.17) is 4.74 Å². The second kappa shape index (κ2) is 9.80. The zero-order chi connectivity index (χ0) is 13.2. The average Bonchev–Trinajstić information content (AvgIpc) is 2.38. The van der Waals surface area contributed by atoms with Crippen LogP contribution in [0.5, 0.6) is 0 Å². The van der Waals surface area contributed by atoms with Crippen LogP contribution in [0.4, 0.5) is 0 Å². The minimum absolute atomic E-state index is 0.812. The lowest BCUT2D eigenvalue weighted by Crippen LogP contribution is -2.26. The fraction of sp³-hybridized carbons (Fsp3) is 1.00. The Balaban J connectivity index is 2.06. The van der Waals surface area contributed by atoms with Gasteiger partial charge in [-0.05, 0) is 50.1 Å². The van der Waals surface area contributed by atoms with Crippen LogP contribution < -0.4 is 5.32 Å². The van der Waals surface area contributed by atoms with E-state index in [0.717, 1.165) is 37.5 Å². The summed E-state index contributed by atoms with van der Waals surface area (Å²) < 4.78 is 5.41. The zero-order valence-electron chi connectivity index (χ0n) is 12.7. The highest BCUT2D eigenvalue weighted by Gasteiger charge is 2.15. The molecule has 108 valence electrons. The molecule has 0 bridgehead atoms. The molecule has 1 unspecified atom stereocenters. The van der Waals surface area contributed by atoms with Gasteiger partial charge in [-0.25, -0.2) is 0 Å². The van der Waals surface area contributed by atoms with E-state index < -0.39 is 0 Å². The first-order valence-corrected chi connectivity index (χ1v) is 8.02. The molecule has 2 heteroatoms. The van der Waals surface area contributed by atoms with E-state index in [2.05, 4.69) is 26.1 Å². The zero-order valence-corrected chi connectivity index (χ0v) is 12.7. The van der Waals surface area contributed by atoms with E-state index >= 15 is 0 Å². The van der Waals surface area contributed by atoms with Gasteiger partial charge in [0.2, 0.25) is 0 Å². The molecule has 0 radical (unpaired) electrons. The Hall–Kier alpha value is -0.0800. The third-order valence-electron chi connectivity index (χ3n) is 4.38. The summed E-state index contributed by atoms with van der Waals surface area (Å²) in [5.74, 6) is 2.62. The molecule has 1 aliphatic heterocycles. The summed E-state index contributed by atoms with van der Waals surface area (Å²) in [6.07, 6.45) is 8.24. The number of nitrogens with one attached hydrogen (secondary N) is 1. The highest BCUT2D eigenvalue weighted by molar-refractivity contribution is 4.68. The quantitative estimate of drug-likeness (QED) is 0.632. The Morgan fingerprint density at radius 3 is 2.50 bits per heavy atom. The first-order valence-electron chi connectivity index (χ1n) is 8.02.